The molecular weight excluding hydrogens is 452 g/mol. The van der Waals surface area contributed by atoms with Crippen LogP contribution in [0.1, 0.15) is 12.2 Å². The number of hydrogen-bond acceptors (Lipinski definition) is 6. The van der Waals surface area contributed by atoms with E-state index >= 15 is 0 Å². The maximum atomic E-state index is 12.4. The molecule has 29 heavy (non-hydrogen) atoms. The lowest BCUT2D eigenvalue weighted by atomic mass is 10.2. The lowest BCUT2D eigenvalue weighted by molar-refractivity contribution is -0.113. The molecule has 1 aromatic heterocycles. The van der Waals surface area contributed by atoms with Crippen molar-refractivity contribution in [3.8, 4) is 17.4 Å². The Morgan fingerprint density at radius 3 is 2.66 bits per heavy atom. The summed E-state index contributed by atoms with van der Waals surface area (Å²) in [5.74, 6) is 1.17. The Hall–Kier alpha value is -2.34. The van der Waals surface area contributed by atoms with Crippen LogP contribution in [0.2, 0.25) is 0 Å². The second kappa shape index (κ2) is 8.99. The Balaban J connectivity index is 1.39. The maximum absolute atomic E-state index is 12.4. The van der Waals surface area contributed by atoms with Crippen molar-refractivity contribution in [1.82, 2.24) is 9.80 Å². The second-order valence-corrected chi connectivity index (χ2v) is 8.68. The number of nitriles is 1. The molecule has 0 saturated carbocycles. The fourth-order valence-electron chi connectivity index (χ4n) is 3.23. The summed E-state index contributed by atoms with van der Waals surface area (Å²) in [6.07, 6.45) is 2.31. The van der Waals surface area contributed by atoms with E-state index in [-0.39, 0.29) is 5.91 Å². The highest BCUT2D eigenvalue weighted by Gasteiger charge is 2.28. The van der Waals surface area contributed by atoms with Crippen molar-refractivity contribution in [2.24, 2.45) is 4.99 Å². The van der Waals surface area contributed by atoms with Crippen LogP contribution in [0, 0.1) is 11.3 Å². The predicted molar refractivity (Wildman–Crippen MR) is 118 cm³/mol. The van der Waals surface area contributed by atoms with E-state index in [1.54, 1.807) is 6.08 Å². The largest absolute Gasteiger partial charge is 0.457 e. The molecule has 0 radical (unpaired) electrons. The molecule has 0 spiro atoms. The van der Waals surface area contributed by atoms with Crippen LogP contribution < -0.4 is 0 Å². The quantitative estimate of drug-likeness (QED) is 0.623. The Kier molecular flexibility index (Phi) is 6.19. The van der Waals surface area contributed by atoms with Gasteiger partial charge in [0.25, 0.3) is 5.91 Å². The summed E-state index contributed by atoms with van der Waals surface area (Å²) in [7, 11) is 0. The highest BCUT2D eigenvalue weighted by atomic mass is 79.9. The van der Waals surface area contributed by atoms with Gasteiger partial charge in [-0.05, 0) is 36.0 Å². The number of halogens is 1. The minimum Gasteiger partial charge on any atom is -0.457 e. The minimum atomic E-state index is -0.224. The van der Waals surface area contributed by atoms with Crippen LogP contribution in [0.5, 0.6) is 0 Å². The SMILES string of the molecule is N#CCCN1CCN(C2=NC(=O)/C(=C\c3ccc(-c4ccc(Br)cc4)o3)S2)CC1. The summed E-state index contributed by atoms with van der Waals surface area (Å²) in [4.78, 5) is 21.6. The number of carbonyl (C=O) groups excluding carboxylic acids is 1. The molecule has 1 saturated heterocycles. The predicted octanol–water partition coefficient (Wildman–Crippen LogP) is 4.21. The summed E-state index contributed by atoms with van der Waals surface area (Å²) in [6.45, 7) is 4.18. The lowest BCUT2D eigenvalue weighted by Gasteiger charge is -2.34. The monoisotopic (exact) mass is 470 g/mol. The zero-order valence-corrected chi connectivity index (χ0v) is 18.1. The van der Waals surface area contributed by atoms with Crippen molar-refractivity contribution in [2.75, 3.05) is 32.7 Å². The van der Waals surface area contributed by atoms with E-state index in [9.17, 15) is 4.79 Å². The first-order valence-corrected chi connectivity index (χ1v) is 11.0. The van der Waals surface area contributed by atoms with Crippen molar-refractivity contribution >= 4 is 44.8 Å². The van der Waals surface area contributed by atoms with Gasteiger partial charge in [-0.1, -0.05) is 28.1 Å². The first-order chi connectivity index (χ1) is 14.1. The molecule has 1 aromatic carbocycles. The third-order valence-corrected chi connectivity index (χ3v) is 6.39. The minimum absolute atomic E-state index is 0.224. The first kappa shape index (κ1) is 20.0. The summed E-state index contributed by atoms with van der Waals surface area (Å²) < 4.78 is 6.91. The number of nitrogens with zero attached hydrogens (tertiary/aromatic N) is 4. The van der Waals surface area contributed by atoms with E-state index in [2.05, 4.69) is 36.8 Å². The standard InChI is InChI=1S/C21H19BrN4O2S/c22-16-4-2-15(3-5-16)18-7-6-17(28-18)14-19-20(27)24-21(29-19)26-12-10-25(11-13-26)9-1-8-23/h2-7,14H,1,9-13H2/b19-14+. The fraction of sp³-hybridized carbons (Fsp3) is 0.286. The van der Waals surface area contributed by atoms with Gasteiger partial charge in [0, 0.05) is 55.3 Å². The number of thioether (sulfide) groups is 1. The highest BCUT2D eigenvalue weighted by Crippen LogP contribution is 2.32. The van der Waals surface area contributed by atoms with E-state index in [1.165, 1.54) is 11.8 Å². The average Bonchev–Trinajstić information content (AvgIpc) is 3.35. The van der Waals surface area contributed by atoms with Crippen molar-refractivity contribution in [1.29, 1.82) is 5.26 Å². The fourth-order valence-corrected chi connectivity index (χ4v) is 4.44. The van der Waals surface area contributed by atoms with Gasteiger partial charge in [-0.15, -0.1) is 0 Å². The molecule has 6 nitrogen and oxygen atoms in total. The molecule has 1 fully saturated rings. The van der Waals surface area contributed by atoms with E-state index in [4.69, 9.17) is 9.68 Å². The third-order valence-electron chi connectivity index (χ3n) is 4.82. The normalized spacial score (nSPS) is 18.9. The number of hydrogen-bond donors (Lipinski definition) is 0. The maximum Gasteiger partial charge on any atom is 0.286 e. The molecule has 2 aliphatic heterocycles. The van der Waals surface area contributed by atoms with Gasteiger partial charge < -0.3 is 9.32 Å². The first-order valence-electron chi connectivity index (χ1n) is 9.35. The summed E-state index contributed by atoms with van der Waals surface area (Å²) in [6, 6.07) is 13.8. The number of benzene rings is 1. The zero-order chi connectivity index (χ0) is 20.2. The van der Waals surface area contributed by atoms with Crippen LogP contribution in [0.3, 0.4) is 0 Å². The lowest BCUT2D eigenvalue weighted by Crippen LogP contribution is -2.47. The van der Waals surface area contributed by atoms with Gasteiger partial charge in [-0.3, -0.25) is 9.69 Å². The number of aliphatic imine (C=N–C) groups is 1. The molecular formula is C21H19BrN4O2S. The van der Waals surface area contributed by atoms with Gasteiger partial charge in [0.05, 0.1) is 11.0 Å². The number of carbonyl (C=O) groups is 1. The Labute approximate surface area is 182 Å². The van der Waals surface area contributed by atoms with Crippen molar-refractivity contribution in [3.63, 3.8) is 0 Å². The summed E-state index contributed by atoms with van der Waals surface area (Å²) >= 11 is 4.82. The second-order valence-electron chi connectivity index (χ2n) is 6.76. The van der Waals surface area contributed by atoms with Gasteiger partial charge in [0.2, 0.25) is 0 Å². The van der Waals surface area contributed by atoms with Crippen molar-refractivity contribution in [3.05, 3.63) is 51.5 Å². The Bertz CT molecular complexity index is 998. The number of furan rings is 1. The average molecular weight is 471 g/mol. The molecule has 4 rings (SSSR count). The molecule has 2 aliphatic rings. The van der Waals surface area contributed by atoms with Gasteiger partial charge in [-0.2, -0.15) is 10.3 Å². The van der Waals surface area contributed by atoms with Crippen LogP contribution >= 0.6 is 27.7 Å². The van der Waals surface area contributed by atoms with Gasteiger partial charge in [-0.25, -0.2) is 0 Å². The van der Waals surface area contributed by atoms with Crippen molar-refractivity contribution < 1.29 is 9.21 Å². The topological polar surface area (TPSA) is 72.8 Å². The molecule has 2 aromatic rings. The number of rotatable bonds is 4. The van der Waals surface area contributed by atoms with Gasteiger partial charge in [0.1, 0.15) is 11.5 Å². The number of amidine groups is 1. The molecule has 0 N–H and O–H groups in total. The van der Waals surface area contributed by atoms with Crippen LogP contribution in [-0.2, 0) is 4.79 Å². The highest BCUT2D eigenvalue weighted by molar-refractivity contribution is 9.10. The number of piperazine rings is 1. The third kappa shape index (κ3) is 4.81. The molecule has 0 aliphatic carbocycles. The molecule has 148 valence electrons. The molecule has 3 heterocycles. The van der Waals surface area contributed by atoms with Crippen LogP contribution in [0.15, 0.2) is 55.2 Å². The zero-order valence-electron chi connectivity index (χ0n) is 15.7. The Morgan fingerprint density at radius 1 is 1.17 bits per heavy atom. The smallest absolute Gasteiger partial charge is 0.286 e. The molecule has 8 heteroatoms. The van der Waals surface area contributed by atoms with E-state index in [1.807, 2.05) is 36.4 Å². The summed E-state index contributed by atoms with van der Waals surface area (Å²) in [5.41, 5.74) is 0.981. The van der Waals surface area contributed by atoms with Gasteiger partial charge >= 0.3 is 0 Å². The van der Waals surface area contributed by atoms with E-state index in [0.29, 0.717) is 17.1 Å². The number of amides is 1. The van der Waals surface area contributed by atoms with Crippen molar-refractivity contribution in [2.45, 2.75) is 6.42 Å². The molecule has 1 amide bonds. The van der Waals surface area contributed by atoms with E-state index < -0.39 is 0 Å². The van der Waals surface area contributed by atoms with Crippen LogP contribution in [-0.4, -0.2) is 53.6 Å². The summed E-state index contributed by atoms with van der Waals surface area (Å²) in [5, 5.41) is 9.47. The molecule has 0 unspecified atom stereocenters. The van der Waals surface area contributed by atoms with E-state index in [0.717, 1.165) is 53.7 Å². The van der Waals surface area contributed by atoms with Crippen LogP contribution in [0.4, 0.5) is 0 Å². The molecule has 0 bridgehead atoms. The van der Waals surface area contributed by atoms with Crippen LogP contribution in [0.25, 0.3) is 17.4 Å². The Morgan fingerprint density at radius 2 is 1.93 bits per heavy atom. The van der Waals surface area contributed by atoms with Gasteiger partial charge in [0.15, 0.2) is 5.17 Å². The molecule has 0 atom stereocenters.